The van der Waals surface area contributed by atoms with E-state index in [0.29, 0.717) is 39.8 Å². The van der Waals surface area contributed by atoms with Gasteiger partial charge in [-0.05, 0) is 6.07 Å². The number of carbonyl (C=O) groups is 1. The highest BCUT2D eigenvalue weighted by Gasteiger charge is 2.43. The molecular weight excluding hydrogens is 354 g/mol. The maximum atomic E-state index is 12.5. The second-order valence-corrected chi connectivity index (χ2v) is 6.39. The number of aromatic nitrogens is 2. The van der Waals surface area contributed by atoms with Crippen molar-refractivity contribution in [2.24, 2.45) is 7.05 Å². The number of cyclic esters (lactones) is 1. The van der Waals surface area contributed by atoms with Crippen molar-refractivity contribution in [1.29, 1.82) is 0 Å². The minimum Gasteiger partial charge on any atom is -0.493 e. The Morgan fingerprint density at radius 3 is 2.81 bits per heavy atom. The zero-order valence-corrected chi connectivity index (χ0v) is 15.0. The Morgan fingerprint density at radius 1 is 1.22 bits per heavy atom. The van der Waals surface area contributed by atoms with Gasteiger partial charge in [0, 0.05) is 18.8 Å². The SMILES string of the molecule is COc1cc([C@@H]2C3=C(COC3=O)Nc3cn(C)nc32)c(OC)c2c1OCO2. The van der Waals surface area contributed by atoms with Gasteiger partial charge in [-0.25, -0.2) is 4.79 Å². The van der Waals surface area contributed by atoms with Crippen LogP contribution in [-0.4, -0.2) is 43.4 Å². The van der Waals surface area contributed by atoms with E-state index >= 15 is 0 Å². The summed E-state index contributed by atoms with van der Waals surface area (Å²) in [5.74, 6) is 1.07. The first-order valence-electron chi connectivity index (χ1n) is 8.37. The quantitative estimate of drug-likeness (QED) is 0.812. The van der Waals surface area contributed by atoms with Crippen LogP contribution in [0.3, 0.4) is 0 Å². The normalized spacial score (nSPS) is 19.4. The van der Waals surface area contributed by atoms with Crippen LogP contribution in [-0.2, 0) is 16.6 Å². The molecule has 2 aromatic rings. The maximum Gasteiger partial charge on any atom is 0.337 e. The number of fused-ring (bicyclic) bond motifs is 2. The lowest BCUT2D eigenvalue weighted by Gasteiger charge is -2.25. The van der Waals surface area contributed by atoms with E-state index < -0.39 is 5.92 Å². The first-order chi connectivity index (χ1) is 13.1. The van der Waals surface area contributed by atoms with Crippen LogP contribution in [0.25, 0.3) is 0 Å². The molecule has 1 aromatic carbocycles. The number of nitrogens with one attached hydrogen (secondary N) is 1. The number of rotatable bonds is 3. The van der Waals surface area contributed by atoms with Crippen molar-refractivity contribution in [2.45, 2.75) is 5.92 Å². The molecule has 1 N–H and O–H groups in total. The predicted octanol–water partition coefficient (Wildman–Crippen LogP) is 1.53. The van der Waals surface area contributed by atoms with E-state index in [1.165, 1.54) is 0 Å². The number of hydrogen-bond acceptors (Lipinski definition) is 8. The highest BCUT2D eigenvalue weighted by molar-refractivity contribution is 5.97. The Bertz CT molecular complexity index is 1010. The molecule has 0 unspecified atom stereocenters. The van der Waals surface area contributed by atoms with Crippen LogP contribution < -0.4 is 24.3 Å². The number of esters is 1. The monoisotopic (exact) mass is 371 g/mol. The van der Waals surface area contributed by atoms with Gasteiger partial charge < -0.3 is 29.0 Å². The van der Waals surface area contributed by atoms with Crippen molar-refractivity contribution in [3.63, 3.8) is 0 Å². The number of carbonyl (C=O) groups excluding carboxylic acids is 1. The van der Waals surface area contributed by atoms with Crippen molar-refractivity contribution in [2.75, 3.05) is 32.9 Å². The maximum absolute atomic E-state index is 12.5. The molecule has 9 nitrogen and oxygen atoms in total. The van der Waals surface area contributed by atoms with Gasteiger partial charge in [0.05, 0.1) is 42.8 Å². The summed E-state index contributed by atoms with van der Waals surface area (Å²) >= 11 is 0. The number of methoxy groups -OCH3 is 2. The van der Waals surface area contributed by atoms with E-state index in [4.69, 9.17) is 23.7 Å². The smallest absolute Gasteiger partial charge is 0.337 e. The summed E-state index contributed by atoms with van der Waals surface area (Å²) in [5.41, 5.74) is 3.46. The van der Waals surface area contributed by atoms with Gasteiger partial charge in [-0.2, -0.15) is 5.10 Å². The van der Waals surface area contributed by atoms with Gasteiger partial charge in [-0.1, -0.05) is 0 Å². The lowest BCUT2D eigenvalue weighted by molar-refractivity contribution is -0.136. The Morgan fingerprint density at radius 2 is 2.04 bits per heavy atom. The molecule has 5 rings (SSSR count). The molecule has 3 aliphatic heterocycles. The Kier molecular flexibility index (Phi) is 3.27. The third-order valence-electron chi connectivity index (χ3n) is 4.92. The van der Waals surface area contributed by atoms with Crippen molar-refractivity contribution in [3.8, 4) is 23.0 Å². The fourth-order valence-electron chi connectivity index (χ4n) is 3.84. The summed E-state index contributed by atoms with van der Waals surface area (Å²) in [6, 6.07) is 1.80. The first kappa shape index (κ1) is 15.9. The molecule has 9 heteroatoms. The second-order valence-electron chi connectivity index (χ2n) is 6.39. The highest BCUT2D eigenvalue weighted by atomic mass is 16.7. The fourth-order valence-corrected chi connectivity index (χ4v) is 3.84. The topological polar surface area (TPSA) is 93.1 Å². The largest absolute Gasteiger partial charge is 0.493 e. The number of nitrogens with zero attached hydrogens (tertiary/aromatic N) is 2. The highest BCUT2D eigenvalue weighted by Crippen LogP contribution is 2.55. The summed E-state index contributed by atoms with van der Waals surface area (Å²) in [7, 11) is 4.94. The van der Waals surface area contributed by atoms with Crippen molar-refractivity contribution in [3.05, 3.63) is 34.8 Å². The van der Waals surface area contributed by atoms with Crippen LogP contribution in [0.5, 0.6) is 23.0 Å². The number of anilines is 1. The molecule has 0 bridgehead atoms. The second kappa shape index (κ2) is 5.57. The summed E-state index contributed by atoms with van der Waals surface area (Å²) in [6.07, 6.45) is 1.87. The number of benzene rings is 1. The number of aryl methyl sites for hydroxylation is 1. The van der Waals surface area contributed by atoms with Gasteiger partial charge in [0.1, 0.15) is 6.61 Å². The standard InChI is InChI=1S/C18H17N3O6/c1-21-5-9-14(20-21)12(13-10(19-9)6-25-18(13)22)8-4-11(23-2)16-17(15(8)24-3)27-7-26-16/h4-5,12,19H,6-7H2,1-3H3/t12-/m1/s1. The van der Waals surface area contributed by atoms with Crippen LogP contribution in [0.15, 0.2) is 23.5 Å². The molecule has 0 aliphatic carbocycles. The average Bonchev–Trinajstić information content (AvgIpc) is 3.37. The minimum atomic E-state index is -0.481. The van der Waals surface area contributed by atoms with Gasteiger partial charge >= 0.3 is 5.97 Å². The third-order valence-corrected chi connectivity index (χ3v) is 4.92. The summed E-state index contributed by atoms with van der Waals surface area (Å²) in [5, 5.41) is 7.82. The van der Waals surface area contributed by atoms with E-state index in [9.17, 15) is 4.79 Å². The Labute approximate surface area is 154 Å². The zero-order valence-electron chi connectivity index (χ0n) is 15.0. The van der Waals surface area contributed by atoms with Gasteiger partial charge in [0.25, 0.3) is 0 Å². The van der Waals surface area contributed by atoms with Gasteiger partial charge in [-0.3, -0.25) is 4.68 Å². The molecule has 3 aliphatic rings. The molecule has 0 saturated carbocycles. The summed E-state index contributed by atoms with van der Waals surface area (Å²) < 4.78 is 29.3. The minimum absolute atomic E-state index is 0.0720. The predicted molar refractivity (Wildman–Crippen MR) is 92.3 cm³/mol. The zero-order chi connectivity index (χ0) is 18.7. The number of ether oxygens (including phenoxy) is 5. The van der Waals surface area contributed by atoms with E-state index in [1.54, 1.807) is 25.0 Å². The first-order valence-corrected chi connectivity index (χ1v) is 8.37. The number of hydrogen-bond donors (Lipinski definition) is 1. The van der Waals surface area contributed by atoms with Gasteiger partial charge in [0.2, 0.25) is 18.3 Å². The molecule has 140 valence electrons. The summed E-state index contributed by atoms with van der Waals surface area (Å²) in [4.78, 5) is 12.5. The molecule has 27 heavy (non-hydrogen) atoms. The molecule has 0 amide bonds. The molecule has 0 saturated heterocycles. The molecule has 0 fully saturated rings. The van der Waals surface area contributed by atoms with Crippen LogP contribution in [0.4, 0.5) is 5.69 Å². The van der Waals surface area contributed by atoms with Crippen LogP contribution in [0.1, 0.15) is 17.2 Å². The van der Waals surface area contributed by atoms with E-state index in [1.807, 2.05) is 13.2 Å². The molecule has 4 heterocycles. The van der Waals surface area contributed by atoms with Gasteiger partial charge in [0.15, 0.2) is 11.5 Å². The lowest BCUT2D eigenvalue weighted by Crippen LogP contribution is -2.20. The van der Waals surface area contributed by atoms with Crippen LogP contribution in [0.2, 0.25) is 0 Å². The Hall–Kier alpha value is -3.36. The molecule has 0 radical (unpaired) electrons. The van der Waals surface area contributed by atoms with E-state index in [-0.39, 0.29) is 19.4 Å². The molecule has 1 aromatic heterocycles. The van der Waals surface area contributed by atoms with Crippen LogP contribution >= 0.6 is 0 Å². The van der Waals surface area contributed by atoms with E-state index in [2.05, 4.69) is 10.4 Å². The van der Waals surface area contributed by atoms with Crippen molar-refractivity contribution < 1.29 is 28.5 Å². The lowest BCUT2D eigenvalue weighted by atomic mass is 9.84. The van der Waals surface area contributed by atoms with Crippen LogP contribution in [0, 0.1) is 0 Å². The van der Waals surface area contributed by atoms with E-state index in [0.717, 1.165) is 11.4 Å². The molecular formula is C18H17N3O6. The van der Waals surface area contributed by atoms with Crippen molar-refractivity contribution >= 4 is 11.7 Å². The fraction of sp³-hybridized carbons (Fsp3) is 0.333. The summed E-state index contributed by atoms with van der Waals surface area (Å²) in [6.45, 7) is 0.269. The molecule has 1 atom stereocenters. The average molecular weight is 371 g/mol. The van der Waals surface area contributed by atoms with Crippen molar-refractivity contribution in [1.82, 2.24) is 9.78 Å². The molecule has 0 spiro atoms. The third kappa shape index (κ3) is 2.11. The Balaban J connectivity index is 1.79. The van der Waals surface area contributed by atoms with Gasteiger partial charge in [-0.15, -0.1) is 0 Å².